The zero-order valence-corrected chi connectivity index (χ0v) is 16.1. The fraction of sp³-hybridized carbons (Fsp3) is 0.364. The third-order valence-corrected chi connectivity index (χ3v) is 4.99. The van der Waals surface area contributed by atoms with Gasteiger partial charge in [-0.05, 0) is 57.0 Å². The zero-order chi connectivity index (χ0) is 19.7. The molecule has 28 heavy (non-hydrogen) atoms. The minimum Gasteiger partial charge on any atom is -0.492 e. The molecule has 0 bridgehead atoms. The summed E-state index contributed by atoms with van der Waals surface area (Å²) in [5, 5.41) is 2.92. The number of amides is 2. The lowest BCUT2D eigenvalue weighted by Crippen LogP contribution is -2.46. The van der Waals surface area contributed by atoms with Crippen LogP contribution in [0.4, 0.5) is 11.4 Å². The molecule has 4 rings (SSSR count). The van der Waals surface area contributed by atoms with Crippen molar-refractivity contribution in [2.24, 2.45) is 5.92 Å². The molecule has 6 heteroatoms. The van der Waals surface area contributed by atoms with E-state index in [-0.39, 0.29) is 17.7 Å². The summed E-state index contributed by atoms with van der Waals surface area (Å²) in [6.07, 6.45) is 1.33. The molecule has 0 aromatic heterocycles. The second-order valence-corrected chi connectivity index (χ2v) is 7.36. The van der Waals surface area contributed by atoms with Gasteiger partial charge in [-0.15, -0.1) is 0 Å². The van der Waals surface area contributed by atoms with E-state index in [4.69, 9.17) is 9.47 Å². The Kier molecular flexibility index (Phi) is 4.94. The molecule has 0 spiro atoms. The molecule has 0 saturated heterocycles. The standard InChI is InChI=1S/C22H24N2O4/c1-14-3-8-18(9-4-14)27-12-11-24-19-13-17(23-21(25)16-5-6-16)7-10-20(19)28-15(2)22(24)26/h3-4,7-10,13,15-16H,5-6,11-12H2,1-2H3,(H,23,25). The van der Waals surface area contributed by atoms with E-state index in [9.17, 15) is 9.59 Å². The molecule has 1 atom stereocenters. The molecule has 6 nitrogen and oxygen atoms in total. The predicted octanol–water partition coefficient (Wildman–Crippen LogP) is 3.54. The van der Waals surface area contributed by atoms with E-state index in [1.165, 1.54) is 5.56 Å². The van der Waals surface area contributed by atoms with Crippen LogP contribution in [0.2, 0.25) is 0 Å². The summed E-state index contributed by atoms with van der Waals surface area (Å²) >= 11 is 0. The van der Waals surface area contributed by atoms with Crippen molar-refractivity contribution in [2.45, 2.75) is 32.8 Å². The topological polar surface area (TPSA) is 67.9 Å². The smallest absolute Gasteiger partial charge is 0.267 e. The van der Waals surface area contributed by atoms with Crippen molar-refractivity contribution in [3.05, 3.63) is 48.0 Å². The number of aryl methyl sites for hydroxylation is 1. The minimum atomic E-state index is -0.557. The molecule has 2 amide bonds. The molecule has 0 radical (unpaired) electrons. The number of hydrogen-bond acceptors (Lipinski definition) is 4. The van der Waals surface area contributed by atoms with Crippen LogP contribution in [0, 0.1) is 12.8 Å². The molecule has 146 valence electrons. The highest BCUT2D eigenvalue weighted by atomic mass is 16.5. The third-order valence-electron chi connectivity index (χ3n) is 4.99. The molecule has 2 aromatic carbocycles. The van der Waals surface area contributed by atoms with Crippen LogP contribution in [-0.2, 0) is 9.59 Å². The molecular weight excluding hydrogens is 356 g/mol. The van der Waals surface area contributed by atoms with Crippen molar-refractivity contribution >= 4 is 23.2 Å². The monoisotopic (exact) mass is 380 g/mol. The molecule has 1 heterocycles. The fourth-order valence-corrected chi connectivity index (χ4v) is 3.19. The van der Waals surface area contributed by atoms with Gasteiger partial charge in [-0.1, -0.05) is 17.7 Å². The van der Waals surface area contributed by atoms with Crippen molar-refractivity contribution in [2.75, 3.05) is 23.4 Å². The minimum absolute atomic E-state index is 0.0330. The predicted molar refractivity (Wildman–Crippen MR) is 107 cm³/mol. The number of ether oxygens (including phenoxy) is 2. The zero-order valence-electron chi connectivity index (χ0n) is 16.1. The molecule has 1 aliphatic heterocycles. The van der Waals surface area contributed by atoms with Gasteiger partial charge < -0.3 is 19.7 Å². The summed E-state index contributed by atoms with van der Waals surface area (Å²) in [4.78, 5) is 26.4. The SMILES string of the molecule is Cc1ccc(OCCN2C(=O)C(C)Oc3ccc(NC(=O)C4CC4)cc32)cc1. The van der Waals surface area contributed by atoms with Gasteiger partial charge in [0.25, 0.3) is 5.91 Å². The van der Waals surface area contributed by atoms with Gasteiger partial charge in [-0.25, -0.2) is 0 Å². The van der Waals surface area contributed by atoms with Gasteiger partial charge in [-0.2, -0.15) is 0 Å². The van der Waals surface area contributed by atoms with Gasteiger partial charge in [0.1, 0.15) is 18.1 Å². The number of anilines is 2. The molecule has 2 aliphatic rings. The van der Waals surface area contributed by atoms with Crippen molar-refractivity contribution in [1.82, 2.24) is 0 Å². The van der Waals surface area contributed by atoms with Gasteiger partial charge >= 0.3 is 0 Å². The highest BCUT2D eigenvalue weighted by molar-refractivity contribution is 6.01. The number of nitrogens with one attached hydrogen (secondary N) is 1. The van der Waals surface area contributed by atoms with Crippen LogP contribution in [0.15, 0.2) is 42.5 Å². The first-order valence-corrected chi connectivity index (χ1v) is 9.63. The maximum absolute atomic E-state index is 12.7. The second kappa shape index (κ2) is 7.54. The quantitative estimate of drug-likeness (QED) is 0.832. The fourth-order valence-electron chi connectivity index (χ4n) is 3.19. The molecular formula is C22H24N2O4. The van der Waals surface area contributed by atoms with E-state index >= 15 is 0 Å². The van der Waals surface area contributed by atoms with Crippen LogP contribution in [0.25, 0.3) is 0 Å². The Morgan fingerprint density at radius 3 is 2.68 bits per heavy atom. The second-order valence-electron chi connectivity index (χ2n) is 7.36. The van der Waals surface area contributed by atoms with Gasteiger partial charge in [0, 0.05) is 11.6 Å². The lowest BCUT2D eigenvalue weighted by Gasteiger charge is -2.33. The maximum Gasteiger partial charge on any atom is 0.267 e. The molecule has 1 fully saturated rings. The Bertz CT molecular complexity index is 890. The van der Waals surface area contributed by atoms with E-state index in [0.29, 0.717) is 30.3 Å². The Morgan fingerprint density at radius 1 is 1.21 bits per heavy atom. The average Bonchev–Trinajstić information content (AvgIpc) is 3.52. The van der Waals surface area contributed by atoms with E-state index in [2.05, 4.69) is 5.32 Å². The summed E-state index contributed by atoms with van der Waals surface area (Å²) < 4.78 is 11.5. The van der Waals surface area contributed by atoms with Gasteiger partial charge in [0.15, 0.2) is 6.10 Å². The first-order valence-electron chi connectivity index (χ1n) is 9.63. The summed E-state index contributed by atoms with van der Waals surface area (Å²) in [5.74, 6) is 1.43. The first kappa shape index (κ1) is 18.3. The molecule has 1 N–H and O–H groups in total. The van der Waals surface area contributed by atoms with Crippen LogP contribution in [0.1, 0.15) is 25.3 Å². The van der Waals surface area contributed by atoms with Crippen LogP contribution in [-0.4, -0.2) is 31.1 Å². The molecule has 2 aromatic rings. The van der Waals surface area contributed by atoms with Crippen LogP contribution >= 0.6 is 0 Å². The number of carbonyl (C=O) groups excluding carboxylic acids is 2. The number of hydrogen-bond donors (Lipinski definition) is 1. The molecule has 1 unspecified atom stereocenters. The normalized spacial score (nSPS) is 18.3. The highest BCUT2D eigenvalue weighted by Gasteiger charge is 2.33. The highest BCUT2D eigenvalue weighted by Crippen LogP contribution is 2.37. The Morgan fingerprint density at radius 2 is 1.96 bits per heavy atom. The van der Waals surface area contributed by atoms with Crippen LogP contribution in [0.5, 0.6) is 11.5 Å². The van der Waals surface area contributed by atoms with Gasteiger partial charge in [-0.3, -0.25) is 9.59 Å². The first-order chi connectivity index (χ1) is 13.5. The average molecular weight is 380 g/mol. The maximum atomic E-state index is 12.7. The van der Waals surface area contributed by atoms with E-state index in [1.54, 1.807) is 24.0 Å². The Labute approximate surface area is 164 Å². The van der Waals surface area contributed by atoms with E-state index in [1.807, 2.05) is 37.3 Å². The number of benzene rings is 2. The number of fused-ring (bicyclic) bond motifs is 1. The van der Waals surface area contributed by atoms with Crippen LogP contribution in [0.3, 0.4) is 0 Å². The van der Waals surface area contributed by atoms with E-state index in [0.717, 1.165) is 18.6 Å². The van der Waals surface area contributed by atoms with Crippen molar-refractivity contribution < 1.29 is 19.1 Å². The number of rotatable bonds is 6. The van der Waals surface area contributed by atoms with Crippen LogP contribution < -0.4 is 19.7 Å². The largest absolute Gasteiger partial charge is 0.492 e. The third kappa shape index (κ3) is 3.96. The van der Waals surface area contributed by atoms with Crippen molar-refractivity contribution in [3.8, 4) is 11.5 Å². The van der Waals surface area contributed by atoms with Crippen molar-refractivity contribution in [1.29, 1.82) is 0 Å². The molecule has 1 aliphatic carbocycles. The van der Waals surface area contributed by atoms with Gasteiger partial charge in [0.05, 0.1) is 12.2 Å². The summed E-state index contributed by atoms with van der Waals surface area (Å²) in [5.41, 5.74) is 2.49. The summed E-state index contributed by atoms with van der Waals surface area (Å²) in [6.45, 7) is 4.52. The van der Waals surface area contributed by atoms with Gasteiger partial charge in [0.2, 0.25) is 5.91 Å². The van der Waals surface area contributed by atoms with E-state index < -0.39 is 6.10 Å². The lowest BCUT2D eigenvalue weighted by molar-refractivity contribution is -0.125. The number of nitrogens with zero attached hydrogens (tertiary/aromatic N) is 1. The van der Waals surface area contributed by atoms with Crippen molar-refractivity contribution in [3.63, 3.8) is 0 Å². The number of carbonyl (C=O) groups is 2. The Balaban J connectivity index is 1.48. The lowest BCUT2D eigenvalue weighted by atomic mass is 10.1. The molecule has 1 saturated carbocycles. The summed E-state index contributed by atoms with van der Waals surface area (Å²) in [6, 6.07) is 13.2. The Hall–Kier alpha value is -3.02. The summed E-state index contributed by atoms with van der Waals surface area (Å²) in [7, 11) is 0.